The summed E-state index contributed by atoms with van der Waals surface area (Å²) in [6.07, 6.45) is 0. The molecule has 7 heteroatoms. The molecule has 3 aromatic rings. The van der Waals surface area contributed by atoms with Crippen molar-refractivity contribution in [1.29, 1.82) is 0 Å². The lowest BCUT2D eigenvalue weighted by molar-refractivity contribution is -0.886. The highest BCUT2D eigenvalue weighted by molar-refractivity contribution is 6.50. The second kappa shape index (κ2) is 6.67. The number of rotatable bonds is 1. The molecule has 0 aliphatic rings. The monoisotopic (exact) mass is 339 g/mol. The Bertz CT molecular complexity index is 801. The third kappa shape index (κ3) is 4.60. The van der Waals surface area contributed by atoms with Gasteiger partial charge in [-0.25, -0.2) is 4.52 Å². The van der Waals surface area contributed by atoms with Crippen LogP contribution in [-0.2, 0) is 5.54 Å². The van der Waals surface area contributed by atoms with E-state index in [1.54, 1.807) is 0 Å². The molecule has 0 unspecified atom stereocenters. The Hall–Kier alpha value is -2.31. The average Bonchev–Trinajstić information content (AvgIpc) is 2.86. The lowest BCUT2D eigenvalue weighted by Crippen LogP contribution is -2.48. The van der Waals surface area contributed by atoms with E-state index >= 15 is 0 Å². The van der Waals surface area contributed by atoms with Gasteiger partial charge in [-0.3, -0.25) is 0 Å². The molecule has 128 valence electrons. The third-order valence-electron chi connectivity index (χ3n) is 3.20. The van der Waals surface area contributed by atoms with Gasteiger partial charge in [0, 0.05) is 32.4 Å². The molecule has 2 aromatic carbocycles. The summed E-state index contributed by atoms with van der Waals surface area (Å²) in [7, 11) is -6.00. The van der Waals surface area contributed by atoms with Gasteiger partial charge < -0.3 is 17.3 Å². The van der Waals surface area contributed by atoms with Crippen LogP contribution >= 0.6 is 0 Å². The van der Waals surface area contributed by atoms with Gasteiger partial charge in [0.2, 0.25) is 11.3 Å². The van der Waals surface area contributed by atoms with Crippen LogP contribution in [0.1, 0.15) is 20.8 Å². The van der Waals surface area contributed by atoms with E-state index in [1.165, 1.54) is 0 Å². The number of para-hydroxylation sites is 1. The minimum atomic E-state index is -6.00. The second-order valence-corrected chi connectivity index (χ2v) is 6.26. The van der Waals surface area contributed by atoms with Crippen LogP contribution in [0, 0.1) is 0 Å². The average molecular weight is 339 g/mol. The molecule has 1 heterocycles. The number of fused-ring (bicyclic) bond motifs is 1. The molecule has 0 aliphatic carbocycles. The van der Waals surface area contributed by atoms with E-state index in [9.17, 15) is 17.3 Å². The molecule has 0 N–H and O–H groups in total. The molecule has 2 nitrogen and oxygen atoms in total. The van der Waals surface area contributed by atoms with Crippen molar-refractivity contribution in [2.24, 2.45) is 0 Å². The van der Waals surface area contributed by atoms with Crippen LogP contribution in [0.4, 0.5) is 17.3 Å². The number of benzene rings is 2. The van der Waals surface area contributed by atoms with Crippen LogP contribution in [-0.4, -0.2) is 7.25 Å². The summed E-state index contributed by atoms with van der Waals surface area (Å²) in [5.41, 5.74) is 2.17. The topological polar surface area (TPSA) is 17.0 Å². The van der Waals surface area contributed by atoms with Gasteiger partial charge in [-0.05, 0) is 10.8 Å². The first-order valence-electron chi connectivity index (χ1n) is 7.44. The van der Waals surface area contributed by atoms with Crippen LogP contribution in [0.2, 0.25) is 0 Å². The van der Waals surface area contributed by atoms with Gasteiger partial charge in [0.25, 0.3) is 5.52 Å². The lowest BCUT2D eigenvalue weighted by atomic mass is 10.1. The predicted molar refractivity (Wildman–Crippen MR) is 87.0 cm³/mol. The zero-order valence-electron chi connectivity index (χ0n) is 13.6. The Morgan fingerprint density at radius 3 is 1.88 bits per heavy atom. The van der Waals surface area contributed by atoms with Crippen molar-refractivity contribution in [2.45, 2.75) is 26.3 Å². The smallest absolute Gasteiger partial charge is 0.418 e. The van der Waals surface area contributed by atoms with Crippen LogP contribution in [0.25, 0.3) is 22.2 Å². The molecule has 3 rings (SSSR count). The fraction of sp³-hybridized carbons (Fsp3) is 0.235. The van der Waals surface area contributed by atoms with Crippen LogP contribution < -0.4 is 4.74 Å². The Morgan fingerprint density at radius 2 is 1.33 bits per heavy atom. The largest absolute Gasteiger partial charge is 0.673 e. The lowest BCUT2D eigenvalue weighted by Gasteiger charge is -2.06. The maximum Gasteiger partial charge on any atom is 0.673 e. The highest BCUT2D eigenvalue weighted by atomic mass is 19.5. The van der Waals surface area contributed by atoms with E-state index in [4.69, 9.17) is 4.52 Å². The zero-order chi connectivity index (χ0) is 18.0. The van der Waals surface area contributed by atoms with Crippen molar-refractivity contribution >= 4 is 18.2 Å². The molecule has 0 saturated carbocycles. The summed E-state index contributed by atoms with van der Waals surface area (Å²) in [6, 6.07) is 18.6. The summed E-state index contributed by atoms with van der Waals surface area (Å²) in [4.78, 5) is 0. The number of hydrogen-bond donors (Lipinski definition) is 0. The van der Waals surface area contributed by atoms with E-state index in [-0.39, 0.29) is 5.54 Å². The minimum absolute atomic E-state index is 0.0768. The predicted octanol–water partition coefficient (Wildman–Crippen LogP) is 5.44. The minimum Gasteiger partial charge on any atom is -0.418 e. The van der Waals surface area contributed by atoms with E-state index in [0.717, 1.165) is 22.2 Å². The maximum absolute atomic E-state index is 9.75. The van der Waals surface area contributed by atoms with Crippen molar-refractivity contribution < 1.29 is 26.5 Å². The van der Waals surface area contributed by atoms with E-state index in [0.29, 0.717) is 0 Å². The number of nitrogens with zero attached hydrogens (tertiary/aromatic N) is 1. The van der Waals surface area contributed by atoms with Crippen LogP contribution in [0.15, 0.2) is 59.1 Å². The third-order valence-corrected chi connectivity index (χ3v) is 3.20. The van der Waals surface area contributed by atoms with E-state index in [1.807, 2.05) is 22.9 Å². The molecule has 0 atom stereocenters. The molecule has 0 fully saturated rings. The maximum atomic E-state index is 9.75. The van der Waals surface area contributed by atoms with E-state index in [2.05, 4.69) is 57.2 Å². The number of halogens is 4. The normalized spacial score (nSPS) is 12.0. The van der Waals surface area contributed by atoms with Gasteiger partial charge in [0.05, 0.1) is 0 Å². The molecule has 0 radical (unpaired) electrons. The molecule has 0 saturated heterocycles. The quantitative estimate of drug-likeness (QED) is 0.328. The highest BCUT2D eigenvalue weighted by Crippen LogP contribution is 2.28. The Kier molecular flexibility index (Phi) is 5.01. The fourth-order valence-electron chi connectivity index (χ4n) is 2.33. The van der Waals surface area contributed by atoms with Crippen molar-refractivity contribution in [3.05, 3.63) is 54.6 Å². The van der Waals surface area contributed by atoms with Crippen LogP contribution in [0.3, 0.4) is 0 Å². The fourth-order valence-corrected chi connectivity index (χ4v) is 2.33. The van der Waals surface area contributed by atoms with Gasteiger partial charge in [-0.1, -0.05) is 42.5 Å². The molecule has 24 heavy (non-hydrogen) atoms. The number of hydrogen-bond acceptors (Lipinski definition) is 1. The Balaban J connectivity index is 0.000000368. The first-order chi connectivity index (χ1) is 11.1. The summed E-state index contributed by atoms with van der Waals surface area (Å²) in [5.74, 6) is 0.936. The molecular weight excluding hydrogens is 321 g/mol. The van der Waals surface area contributed by atoms with Gasteiger partial charge in [0.15, 0.2) is 0 Å². The molecule has 1 aromatic heterocycles. The Morgan fingerprint density at radius 1 is 0.833 bits per heavy atom. The second-order valence-electron chi connectivity index (χ2n) is 6.26. The van der Waals surface area contributed by atoms with Crippen molar-refractivity contribution in [3.8, 4) is 11.3 Å². The molecular formula is C17H18BF4NO. The van der Waals surface area contributed by atoms with Gasteiger partial charge in [-0.2, -0.15) is 0 Å². The molecule has 0 aliphatic heterocycles. The Labute approximate surface area is 137 Å². The van der Waals surface area contributed by atoms with Gasteiger partial charge in [0.1, 0.15) is 5.39 Å². The SMILES string of the molecule is CC(C)(C)[n+]1oc(-c2ccccc2)c2ccccc21.F[B-](F)(F)F. The van der Waals surface area contributed by atoms with Crippen molar-refractivity contribution in [2.75, 3.05) is 0 Å². The molecule has 0 spiro atoms. The standard InChI is InChI=1S/C17H18NO.BF4/c1-17(2,3)18-15-12-8-7-11-14(15)16(19-18)13-9-5-4-6-10-13;2-1(3,4)5/h4-12H,1-3H3;/q+1;-1. The summed E-state index contributed by atoms with van der Waals surface area (Å²) in [5, 5.41) is 1.16. The first kappa shape index (κ1) is 18.0. The van der Waals surface area contributed by atoms with Crippen molar-refractivity contribution in [1.82, 2.24) is 0 Å². The molecule has 0 bridgehead atoms. The summed E-state index contributed by atoms with van der Waals surface area (Å²) >= 11 is 0. The molecule has 0 amide bonds. The first-order valence-corrected chi connectivity index (χ1v) is 7.44. The summed E-state index contributed by atoms with van der Waals surface area (Å²) < 4.78 is 47.1. The summed E-state index contributed by atoms with van der Waals surface area (Å²) in [6.45, 7) is 6.45. The van der Waals surface area contributed by atoms with Crippen LogP contribution in [0.5, 0.6) is 0 Å². The zero-order valence-corrected chi connectivity index (χ0v) is 13.6. The van der Waals surface area contributed by atoms with E-state index < -0.39 is 7.25 Å². The highest BCUT2D eigenvalue weighted by Gasteiger charge is 2.32. The van der Waals surface area contributed by atoms with Gasteiger partial charge >= 0.3 is 7.25 Å². The number of aromatic nitrogens is 1. The van der Waals surface area contributed by atoms with Gasteiger partial charge in [-0.15, -0.1) is 0 Å². The van der Waals surface area contributed by atoms with Crippen molar-refractivity contribution in [3.63, 3.8) is 0 Å².